The number of hydrogen-bond acceptors (Lipinski definition) is 0. The van der Waals surface area contributed by atoms with Crippen LogP contribution in [-0.4, -0.2) is 0 Å². The Labute approximate surface area is 120 Å². The molecule has 0 N–H and O–H groups in total. The molecular formula is C19H31. The molecule has 1 aromatic carbocycles. The van der Waals surface area contributed by atoms with Crippen molar-refractivity contribution in [2.45, 2.75) is 78.1 Å². The van der Waals surface area contributed by atoms with Gasteiger partial charge < -0.3 is 0 Å². The fourth-order valence-electron chi connectivity index (χ4n) is 3.19. The van der Waals surface area contributed by atoms with E-state index in [0.29, 0.717) is 0 Å². The first-order chi connectivity index (χ1) is 9.33. The molecule has 0 aliphatic rings. The van der Waals surface area contributed by atoms with Crippen LogP contribution in [0.5, 0.6) is 0 Å². The van der Waals surface area contributed by atoms with Crippen molar-refractivity contribution >= 4 is 0 Å². The highest BCUT2D eigenvalue weighted by atomic mass is 14.3. The molecule has 1 aromatic rings. The van der Waals surface area contributed by atoms with E-state index >= 15 is 0 Å². The van der Waals surface area contributed by atoms with Crippen LogP contribution in [0.15, 0.2) is 24.3 Å². The minimum Gasteiger partial charge on any atom is -0.0654 e. The molecule has 1 unspecified atom stereocenters. The van der Waals surface area contributed by atoms with Gasteiger partial charge in [0.2, 0.25) is 0 Å². The van der Waals surface area contributed by atoms with Gasteiger partial charge in [-0.3, -0.25) is 0 Å². The van der Waals surface area contributed by atoms with E-state index in [-0.39, 0.29) is 0 Å². The Balaban J connectivity index is 2.76. The van der Waals surface area contributed by atoms with Crippen LogP contribution in [0.2, 0.25) is 0 Å². The summed E-state index contributed by atoms with van der Waals surface area (Å²) in [7, 11) is 0. The van der Waals surface area contributed by atoms with Crippen LogP contribution >= 0.6 is 0 Å². The minimum absolute atomic E-state index is 0.729. The van der Waals surface area contributed by atoms with Crippen molar-refractivity contribution in [3.05, 3.63) is 35.9 Å². The third-order valence-corrected chi connectivity index (χ3v) is 4.14. The van der Waals surface area contributed by atoms with E-state index in [2.05, 4.69) is 51.1 Å². The van der Waals surface area contributed by atoms with Gasteiger partial charge in [0, 0.05) is 0 Å². The summed E-state index contributed by atoms with van der Waals surface area (Å²) in [6.45, 7) is 6.93. The lowest BCUT2D eigenvalue weighted by atomic mass is 9.78. The van der Waals surface area contributed by atoms with Crippen LogP contribution in [0.3, 0.4) is 0 Å². The zero-order valence-electron chi connectivity index (χ0n) is 13.1. The van der Waals surface area contributed by atoms with Crippen LogP contribution in [-0.2, 0) is 0 Å². The van der Waals surface area contributed by atoms with Gasteiger partial charge in [0.05, 0.1) is 0 Å². The Morgan fingerprint density at radius 3 is 2.16 bits per heavy atom. The van der Waals surface area contributed by atoms with Crippen molar-refractivity contribution in [1.82, 2.24) is 0 Å². The molecule has 0 bridgehead atoms. The Hall–Kier alpha value is -0.780. The van der Waals surface area contributed by atoms with Crippen molar-refractivity contribution in [2.24, 2.45) is 5.92 Å². The molecule has 0 aliphatic carbocycles. The maximum Gasteiger partial charge on any atom is -0.0127 e. The average molecular weight is 259 g/mol. The van der Waals surface area contributed by atoms with Crippen LogP contribution in [0.4, 0.5) is 0 Å². The standard InChI is InChI=1S/C19H31/c1-4-7-9-16-19(17(12-5-2)13-6-3)18-14-10-8-11-15-18/h8,10-11,14,17,19H,4-7,9,12-13,16H2,1-3H3. The maximum atomic E-state index is 3.49. The highest BCUT2D eigenvalue weighted by Gasteiger charge is 2.21. The molecule has 0 aromatic heterocycles. The largest absolute Gasteiger partial charge is 0.0654 e. The first kappa shape index (κ1) is 16.3. The molecular weight excluding hydrogens is 228 g/mol. The Morgan fingerprint density at radius 2 is 1.63 bits per heavy atom. The van der Waals surface area contributed by atoms with Crippen LogP contribution in [0.1, 0.15) is 83.6 Å². The molecule has 0 aliphatic heterocycles. The average Bonchev–Trinajstić information content (AvgIpc) is 2.45. The first-order valence-electron chi connectivity index (χ1n) is 8.30. The molecule has 0 saturated carbocycles. The number of benzene rings is 1. The Morgan fingerprint density at radius 1 is 0.895 bits per heavy atom. The molecule has 107 valence electrons. The normalized spacial score (nSPS) is 12.8. The van der Waals surface area contributed by atoms with Crippen LogP contribution in [0, 0.1) is 12.0 Å². The van der Waals surface area contributed by atoms with E-state index in [1.807, 2.05) is 0 Å². The number of unbranched alkanes of at least 4 members (excludes halogenated alkanes) is 2. The lowest BCUT2D eigenvalue weighted by Gasteiger charge is -2.27. The number of rotatable bonds is 10. The fraction of sp³-hybridized carbons (Fsp3) is 0.684. The van der Waals surface area contributed by atoms with E-state index in [1.165, 1.54) is 56.9 Å². The summed E-state index contributed by atoms with van der Waals surface area (Å²) >= 11 is 0. The van der Waals surface area contributed by atoms with Crippen LogP contribution < -0.4 is 0 Å². The van der Waals surface area contributed by atoms with E-state index in [1.54, 1.807) is 0 Å². The van der Waals surface area contributed by atoms with E-state index in [0.717, 1.165) is 11.8 Å². The molecule has 0 saturated heterocycles. The smallest absolute Gasteiger partial charge is 0.0127 e. The molecule has 0 amide bonds. The molecule has 1 atom stereocenters. The molecule has 0 heteroatoms. The topological polar surface area (TPSA) is 0 Å². The lowest BCUT2D eigenvalue weighted by Crippen LogP contribution is -2.13. The molecule has 0 nitrogen and oxygen atoms in total. The molecule has 1 rings (SSSR count). The van der Waals surface area contributed by atoms with Gasteiger partial charge in [-0.2, -0.15) is 0 Å². The van der Waals surface area contributed by atoms with E-state index < -0.39 is 0 Å². The first-order valence-corrected chi connectivity index (χ1v) is 8.30. The highest BCUT2D eigenvalue weighted by molar-refractivity contribution is 5.19. The second kappa shape index (κ2) is 10.1. The zero-order chi connectivity index (χ0) is 13.9. The molecule has 0 heterocycles. The van der Waals surface area contributed by atoms with Crippen LogP contribution in [0.25, 0.3) is 0 Å². The van der Waals surface area contributed by atoms with Crippen molar-refractivity contribution in [3.63, 3.8) is 0 Å². The van der Waals surface area contributed by atoms with Gasteiger partial charge in [0.25, 0.3) is 0 Å². The third kappa shape index (κ3) is 5.80. The van der Waals surface area contributed by atoms with Gasteiger partial charge in [-0.05, 0) is 29.9 Å². The summed E-state index contributed by atoms with van der Waals surface area (Å²) in [5, 5.41) is 0. The van der Waals surface area contributed by atoms with Crippen molar-refractivity contribution < 1.29 is 0 Å². The molecule has 0 spiro atoms. The summed E-state index contributed by atoms with van der Waals surface area (Å²) in [6, 6.07) is 12.1. The zero-order valence-corrected chi connectivity index (χ0v) is 13.1. The van der Waals surface area contributed by atoms with Gasteiger partial charge in [-0.25, -0.2) is 0 Å². The molecule has 19 heavy (non-hydrogen) atoms. The van der Waals surface area contributed by atoms with Gasteiger partial charge in [0.1, 0.15) is 0 Å². The van der Waals surface area contributed by atoms with E-state index in [4.69, 9.17) is 0 Å². The summed E-state index contributed by atoms with van der Waals surface area (Å²) in [6.07, 6.45) is 10.8. The van der Waals surface area contributed by atoms with Crippen molar-refractivity contribution in [1.29, 1.82) is 0 Å². The quantitative estimate of drug-likeness (QED) is 0.428. The Kier molecular flexibility index (Phi) is 8.62. The predicted octanol–water partition coefficient (Wildman–Crippen LogP) is 6.37. The van der Waals surface area contributed by atoms with Gasteiger partial charge >= 0.3 is 0 Å². The summed E-state index contributed by atoms with van der Waals surface area (Å²) in [5.74, 6) is 1.58. The second-order valence-electron chi connectivity index (χ2n) is 5.76. The third-order valence-electron chi connectivity index (χ3n) is 4.14. The van der Waals surface area contributed by atoms with E-state index in [9.17, 15) is 0 Å². The number of hydrogen-bond donors (Lipinski definition) is 0. The summed E-state index contributed by atoms with van der Waals surface area (Å²) in [4.78, 5) is 0. The highest BCUT2D eigenvalue weighted by Crippen LogP contribution is 2.35. The molecule has 1 radical (unpaired) electrons. The second-order valence-corrected chi connectivity index (χ2v) is 5.76. The SMILES string of the molecule is CCCCCC(c1[c]cccc1)C(CCC)CCC. The maximum absolute atomic E-state index is 3.49. The molecule has 0 fully saturated rings. The van der Waals surface area contributed by atoms with Crippen molar-refractivity contribution in [3.8, 4) is 0 Å². The predicted molar refractivity (Wildman–Crippen MR) is 85.5 cm³/mol. The van der Waals surface area contributed by atoms with Gasteiger partial charge in [-0.15, -0.1) is 0 Å². The summed E-state index contributed by atoms with van der Waals surface area (Å²) < 4.78 is 0. The van der Waals surface area contributed by atoms with Gasteiger partial charge in [-0.1, -0.05) is 90.0 Å². The van der Waals surface area contributed by atoms with Crippen molar-refractivity contribution in [2.75, 3.05) is 0 Å². The summed E-state index contributed by atoms with van der Waals surface area (Å²) in [5.41, 5.74) is 1.45. The lowest BCUT2D eigenvalue weighted by molar-refractivity contribution is 0.339. The van der Waals surface area contributed by atoms with Gasteiger partial charge in [0.15, 0.2) is 0 Å². The minimum atomic E-state index is 0.729. The fourth-order valence-corrected chi connectivity index (χ4v) is 3.19. The Bertz CT molecular complexity index is 295. The monoisotopic (exact) mass is 259 g/mol.